The molecule has 4 aromatic carbocycles. The van der Waals surface area contributed by atoms with Gasteiger partial charge in [0.1, 0.15) is 22.4 Å². The van der Waals surface area contributed by atoms with E-state index in [4.69, 9.17) is 19.8 Å². The molecule has 0 saturated carbocycles. The summed E-state index contributed by atoms with van der Waals surface area (Å²) in [7, 11) is -2.46. The number of ether oxygens (including phenoxy) is 1. The molecule has 10 nitrogen and oxygen atoms in total. The molecule has 0 aliphatic carbocycles. The topological polar surface area (TPSA) is 110 Å². The van der Waals surface area contributed by atoms with Crippen molar-refractivity contribution < 1.29 is 14.3 Å². The number of aromatic nitrogens is 5. The lowest BCUT2D eigenvalue weighted by atomic mass is 9.76. The average Bonchev–Trinajstić information content (AvgIpc) is 3.83. The number of benzene rings is 4. The molecule has 0 spiro atoms. The lowest BCUT2D eigenvalue weighted by Gasteiger charge is -2.38. The molecular formula is C51H61N7O3Si. The zero-order chi connectivity index (χ0) is 43.7. The number of hydrogen-bond donors (Lipinski definition) is 2. The summed E-state index contributed by atoms with van der Waals surface area (Å²) in [5.74, 6) is -0.235. The van der Waals surface area contributed by atoms with E-state index < -0.39 is 19.4 Å². The van der Waals surface area contributed by atoms with Crippen molar-refractivity contribution >= 4 is 36.3 Å². The minimum Gasteiger partial charge on any atom is -0.432 e. The van der Waals surface area contributed by atoms with E-state index in [-0.39, 0.29) is 10.9 Å². The fourth-order valence-electron chi connectivity index (χ4n) is 8.76. The van der Waals surface area contributed by atoms with E-state index >= 15 is 4.79 Å². The average molecular weight is 848 g/mol. The van der Waals surface area contributed by atoms with Crippen molar-refractivity contribution in [2.24, 2.45) is 0 Å². The van der Waals surface area contributed by atoms with E-state index in [0.29, 0.717) is 28.8 Å². The number of amides is 1. The molecule has 62 heavy (non-hydrogen) atoms. The first-order chi connectivity index (χ1) is 29.7. The Balaban J connectivity index is 1.30. The molecule has 0 radical (unpaired) electrons. The first-order valence-electron chi connectivity index (χ1n) is 22.1. The van der Waals surface area contributed by atoms with Crippen LogP contribution in [0.15, 0.2) is 122 Å². The molecule has 1 fully saturated rings. The van der Waals surface area contributed by atoms with Crippen LogP contribution in [0.3, 0.4) is 0 Å². The lowest BCUT2D eigenvalue weighted by molar-refractivity contribution is 0.0368. The molecule has 3 aromatic heterocycles. The number of nitrogens with zero attached hydrogens (tertiary/aromatic N) is 6. The molecule has 1 amide bonds. The van der Waals surface area contributed by atoms with Gasteiger partial charge >= 0.3 is 0 Å². The summed E-state index contributed by atoms with van der Waals surface area (Å²) in [6.45, 7) is 19.7. The first-order valence-corrected chi connectivity index (χ1v) is 25.0. The van der Waals surface area contributed by atoms with Gasteiger partial charge in [0.15, 0.2) is 14.0 Å². The maximum absolute atomic E-state index is 15.0. The third-order valence-corrected chi connectivity index (χ3v) is 16.8. The summed E-state index contributed by atoms with van der Waals surface area (Å²) in [6.07, 6.45) is 6.18. The Morgan fingerprint density at radius 3 is 2.00 bits per heavy atom. The fraction of sp³-hybridized carbons (Fsp3) is 0.373. The van der Waals surface area contributed by atoms with E-state index in [1.807, 2.05) is 43.7 Å². The third kappa shape index (κ3) is 8.51. The molecule has 0 unspecified atom stereocenters. The molecule has 4 heterocycles. The van der Waals surface area contributed by atoms with Gasteiger partial charge in [0.25, 0.3) is 5.91 Å². The van der Waals surface area contributed by atoms with Gasteiger partial charge in [-0.15, -0.1) is 0 Å². The highest BCUT2D eigenvalue weighted by molar-refractivity contribution is 6.72. The number of carbonyl (C=O) groups is 1. The largest absolute Gasteiger partial charge is 0.432 e. The molecule has 2 N–H and O–H groups in total. The number of carbonyl (C=O) groups excluding carboxylic acids is 1. The standard InChI is InChI=1S/C51H61N7O3Si/c1-37-24-25-41-44(34-37)58(29-17-28-56-30-32-61-33-31-56)55-45(41)43-35-52-47-46(53-43)42(48(59)54-49(2,3)26-27-50(4,5)62(6,7)60)36-57(47)51(38-18-11-8-12-19-38,39-20-13-9-14-21-39)40-22-15-10-16-23-40/h8-16,18-25,34-36,60H,17,26-33H2,1-7H3,(H,54,59). The van der Waals surface area contributed by atoms with Crippen LogP contribution in [0.25, 0.3) is 33.5 Å². The van der Waals surface area contributed by atoms with Gasteiger partial charge in [0, 0.05) is 43.3 Å². The summed E-state index contributed by atoms with van der Waals surface area (Å²) in [5, 5.41) is 9.40. The van der Waals surface area contributed by atoms with Crippen molar-refractivity contribution in [2.75, 3.05) is 32.8 Å². The third-order valence-electron chi connectivity index (χ3n) is 13.3. The quantitative estimate of drug-likeness (QED) is 0.0782. The van der Waals surface area contributed by atoms with Crippen LogP contribution in [0.1, 0.15) is 79.6 Å². The number of rotatable bonds is 15. The number of nitrogens with one attached hydrogen (secondary N) is 1. The van der Waals surface area contributed by atoms with Crippen molar-refractivity contribution in [3.63, 3.8) is 0 Å². The Morgan fingerprint density at radius 2 is 1.42 bits per heavy atom. The van der Waals surface area contributed by atoms with Crippen LogP contribution >= 0.6 is 0 Å². The van der Waals surface area contributed by atoms with Crippen LogP contribution in [-0.4, -0.2) is 86.6 Å². The van der Waals surface area contributed by atoms with Crippen LogP contribution < -0.4 is 5.32 Å². The van der Waals surface area contributed by atoms with E-state index in [2.05, 4.69) is 145 Å². The Morgan fingerprint density at radius 1 is 0.823 bits per heavy atom. The van der Waals surface area contributed by atoms with Crippen LogP contribution in [0, 0.1) is 6.92 Å². The van der Waals surface area contributed by atoms with Gasteiger partial charge in [-0.05, 0) is 86.5 Å². The van der Waals surface area contributed by atoms with Crippen molar-refractivity contribution in [3.8, 4) is 11.4 Å². The second-order valence-corrected chi connectivity index (χ2v) is 23.3. The molecule has 1 aliphatic rings. The zero-order valence-corrected chi connectivity index (χ0v) is 38.4. The molecule has 1 aliphatic heterocycles. The van der Waals surface area contributed by atoms with Gasteiger partial charge in [-0.3, -0.25) is 14.4 Å². The van der Waals surface area contributed by atoms with Crippen LogP contribution in [0.2, 0.25) is 18.1 Å². The molecule has 1 saturated heterocycles. The Bertz CT molecular complexity index is 2550. The minimum atomic E-state index is -2.46. The fourth-order valence-corrected chi connectivity index (χ4v) is 9.50. The Hall–Kier alpha value is -5.46. The molecule has 322 valence electrons. The molecule has 7 aromatic rings. The summed E-state index contributed by atoms with van der Waals surface area (Å²) in [4.78, 5) is 39.3. The highest BCUT2D eigenvalue weighted by atomic mass is 28.4. The highest BCUT2D eigenvalue weighted by Crippen LogP contribution is 2.44. The summed E-state index contributed by atoms with van der Waals surface area (Å²) in [5.41, 5.74) is 6.58. The van der Waals surface area contributed by atoms with E-state index in [1.165, 1.54) is 0 Å². The maximum atomic E-state index is 15.0. The predicted molar refractivity (Wildman–Crippen MR) is 252 cm³/mol. The van der Waals surface area contributed by atoms with Crippen molar-refractivity contribution in [1.29, 1.82) is 0 Å². The molecule has 11 heteroatoms. The number of hydrogen-bond acceptors (Lipinski definition) is 7. The Labute approximate surface area is 367 Å². The molecule has 0 bridgehead atoms. The van der Waals surface area contributed by atoms with Gasteiger partial charge in [0.2, 0.25) is 0 Å². The highest BCUT2D eigenvalue weighted by Gasteiger charge is 2.42. The molecular weight excluding hydrogens is 787 g/mol. The van der Waals surface area contributed by atoms with Crippen LogP contribution in [0.5, 0.6) is 0 Å². The number of fused-ring (bicyclic) bond motifs is 2. The molecule has 8 rings (SSSR count). The van der Waals surface area contributed by atoms with Gasteiger partial charge < -0.3 is 19.4 Å². The van der Waals surface area contributed by atoms with Gasteiger partial charge in [-0.25, -0.2) is 9.97 Å². The van der Waals surface area contributed by atoms with E-state index in [1.54, 1.807) is 0 Å². The number of morpholine rings is 1. The molecule has 0 atom stereocenters. The first kappa shape index (κ1) is 43.2. The zero-order valence-electron chi connectivity index (χ0n) is 37.4. The minimum absolute atomic E-state index is 0.235. The SMILES string of the molecule is Cc1ccc2c(-c3cnc4c(n3)c(C(=O)NC(C)(C)CCC(C)(C)[Si](C)(C)O)cn4C(c3ccccc3)(c3ccccc3)c3ccccc3)nn(CCCN3CCOCC3)c2c1. The summed E-state index contributed by atoms with van der Waals surface area (Å²) in [6, 6.07) is 37.7. The lowest BCUT2D eigenvalue weighted by Crippen LogP contribution is -2.46. The summed E-state index contributed by atoms with van der Waals surface area (Å²) >= 11 is 0. The van der Waals surface area contributed by atoms with Gasteiger partial charge in [0.05, 0.1) is 30.5 Å². The smallest absolute Gasteiger partial charge is 0.255 e. The van der Waals surface area contributed by atoms with E-state index in [9.17, 15) is 4.80 Å². The van der Waals surface area contributed by atoms with Crippen LogP contribution in [-0.2, 0) is 16.8 Å². The second-order valence-electron chi connectivity index (χ2n) is 18.8. The predicted octanol–water partition coefficient (Wildman–Crippen LogP) is 9.59. The van der Waals surface area contributed by atoms with Gasteiger partial charge in [-0.1, -0.05) is 117 Å². The van der Waals surface area contributed by atoms with E-state index in [0.717, 1.165) is 91.1 Å². The normalized spacial score (nSPS) is 14.5. The van der Waals surface area contributed by atoms with Crippen molar-refractivity contribution in [1.82, 2.24) is 34.5 Å². The second kappa shape index (κ2) is 17.4. The van der Waals surface area contributed by atoms with Crippen LogP contribution in [0.4, 0.5) is 0 Å². The maximum Gasteiger partial charge on any atom is 0.255 e. The summed E-state index contributed by atoms with van der Waals surface area (Å²) < 4.78 is 9.83. The van der Waals surface area contributed by atoms with Crippen molar-refractivity contribution in [3.05, 3.63) is 149 Å². The monoisotopic (exact) mass is 847 g/mol. The van der Waals surface area contributed by atoms with Gasteiger partial charge in [-0.2, -0.15) is 5.10 Å². The number of aryl methyl sites for hydroxylation is 2. The van der Waals surface area contributed by atoms with Crippen molar-refractivity contribution in [2.45, 2.75) is 89.6 Å². The Kier molecular flexibility index (Phi) is 12.1.